The molecular formula is C17H22O. The largest absolute Gasteiger partial charge is 0.392 e. The van der Waals surface area contributed by atoms with E-state index in [-0.39, 0.29) is 12.0 Å². The second-order valence-corrected chi connectivity index (χ2v) is 5.81. The molecule has 1 aromatic carbocycles. The Morgan fingerprint density at radius 3 is 2.78 bits per heavy atom. The first-order valence-electron chi connectivity index (χ1n) is 6.55. The van der Waals surface area contributed by atoms with Crippen molar-refractivity contribution in [1.82, 2.24) is 0 Å². The first-order chi connectivity index (χ1) is 8.45. The molecule has 18 heavy (non-hydrogen) atoms. The van der Waals surface area contributed by atoms with Crippen molar-refractivity contribution >= 4 is 11.1 Å². The average Bonchev–Trinajstić information content (AvgIpc) is 2.34. The van der Waals surface area contributed by atoms with Crippen LogP contribution in [0.1, 0.15) is 50.8 Å². The summed E-state index contributed by atoms with van der Waals surface area (Å²) in [6.07, 6.45) is 5.29. The number of aliphatic hydroxyl groups is 1. The lowest BCUT2D eigenvalue weighted by Gasteiger charge is -2.31. The molecule has 0 atom stereocenters. The van der Waals surface area contributed by atoms with Crippen LogP contribution in [0.25, 0.3) is 11.1 Å². The fraction of sp³-hybridized carbons (Fsp3) is 0.412. The highest BCUT2D eigenvalue weighted by Crippen LogP contribution is 2.39. The second kappa shape index (κ2) is 4.74. The van der Waals surface area contributed by atoms with E-state index in [1.54, 1.807) is 0 Å². The Hall–Kier alpha value is -1.34. The van der Waals surface area contributed by atoms with Crippen LogP contribution in [0.15, 0.2) is 30.4 Å². The van der Waals surface area contributed by atoms with E-state index in [4.69, 9.17) is 5.11 Å². The zero-order valence-corrected chi connectivity index (χ0v) is 11.7. The molecular weight excluding hydrogens is 220 g/mol. The number of fused-ring (bicyclic) bond motifs is 1. The Balaban J connectivity index is 2.53. The highest BCUT2D eigenvalue weighted by molar-refractivity contribution is 5.75. The summed E-state index contributed by atoms with van der Waals surface area (Å²) in [5.74, 6) is 0. The molecule has 1 aliphatic carbocycles. The van der Waals surface area contributed by atoms with Gasteiger partial charge >= 0.3 is 0 Å². The van der Waals surface area contributed by atoms with E-state index in [9.17, 15) is 0 Å². The molecule has 0 aliphatic heterocycles. The molecule has 1 N–H and O–H groups in total. The first kappa shape index (κ1) is 13.1. The van der Waals surface area contributed by atoms with Gasteiger partial charge in [0.1, 0.15) is 0 Å². The van der Waals surface area contributed by atoms with E-state index < -0.39 is 0 Å². The van der Waals surface area contributed by atoms with Gasteiger partial charge in [-0.3, -0.25) is 0 Å². The zero-order valence-electron chi connectivity index (χ0n) is 11.7. The maximum atomic E-state index is 8.98. The molecule has 0 heterocycles. The standard InChI is InChI=1S/C17H22O/c1-12(8-10-18)14-5-6-16-15(11-14)13(2)7-9-17(16,3)4/h5-8,11,18H,9-10H2,1-4H3/b12-8-. The Morgan fingerprint density at radius 1 is 1.39 bits per heavy atom. The fourth-order valence-corrected chi connectivity index (χ4v) is 2.59. The van der Waals surface area contributed by atoms with Gasteiger partial charge in [-0.15, -0.1) is 0 Å². The van der Waals surface area contributed by atoms with E-state index >= 15 is 0 Å². The topological polar surface area (TPSA) is 20.2 Å². The van der Waals surface area contributed by atoms with Crippen LogP contribution in [0, 0.1) is 0 Å². The number of hydrogen-bond acceptors (Lipinski definition) is 1. The number of rotatable bonds is 2. The third-order valence-electron chi connectivity index (χ3n) is 3.94. The van der Waals surface area contributed by atoms with Gasteiger partial charge in [0.15, 0.2) is 0 Å². The summed E-state index contributed by atoms with van der Waals surface area (Å²) < 4.78 is 0. The minimum Gasteiger partial charge on any atom is -0.392 e. The van der Waals surface area contributed by atoms with E-state index in [1.807, 2.05) is 13.0 Å². The number of hydrogen-bond donors (Lipinski definition) is 1. The Bertz CT molecular complexity index is 518. The summed E-state index contributed by atoms with van der Waals surface area (Å²) >= 11 is 0. The number of benzene rings is 1. The van der Waals surface area contributed by atoms with Crippen LogP contribution < -0.4 is 0 Å². The van der Waals surface area contributed by atoms with Crippen molar-refractivity contribution in [1.29, 1.82) is 0 Å². The minimum atomic E-state index is 0.100. The number of aliphatic hydroxyl groups excluding tert-OH is 1. The molecule has 96 valence electrons. The molecule has 0 amide bonds. The Labute approximate surface area is 110 Å². The van der Waals surface area contributed by atoms with Crippen molar-refractivity contribution in [2.75, 3.05) is 6.61 Å². The van der Waals surface area contributed by atoms with Crippen molar-refractivity contribution in [3.63, 3.8) is 0 Å². The second-order valence-electron chi connectivity index (χ2n) is 5.81. The van der Waals surface area contributed by atoms with Crippen molar-refractivity contribution in [3.05, 3.63) is 47.0 Å². The molecule has 1 heteroatoms. The molecule has 1 aromatic rings. The van der Waals surface area contributed by atoms with Gasteiger partial charge in [0.2, 0.25) is 0 Å². The third kappa shape index (κ3) is 2.28. The predicted molar refractivity (Wildman–Crippen MR) is 78.5 cm³/mol. The lowest BCUT2D eigenvalue weighted by Crippen LogP contribution is -2.21. The van der Waals surface area contributed by atoms with Crippen LogP contribution in [0.4, 0.5) is 0 Å². The smallest absolute Gasteiger partial charge is 0.0618 e. The highest BCUT2D eigenvalue weighted by Gasteiger charge is 2.26. The average molecular weight is 242 g/mol. The van der Waals surface area contributed by atoms with E-state index in [2.05, 4.69) is 45.0 Å². The van der Waals surface area contributed by atoms with Crippen molar-refractivity contribution in [2.45, 2.75) is 39.5 Å². The molecule has 2 rings (SSSR count). The lowest BCUT2D eigenvalue weighted by atomic mass is 9.73. The fourth-order valence-electron chi connectivity index (χ4n) is 2.59. The van der Waals surface area contributed by atoms with Crippen LogP contribution in [0.2, 0.25) is 0 Å². The van der Waals surface area contributed by atoms with Crippen molar-refractivity contribution in [2.24, 2.45) is 0 Å². The maximum absolute atomic E-state index is 8.98. The van der Waals surface area contributed by atoms with Crippen LogP contribution in [0.3, 0.4) is 0 Å². The maximum Gasteiger partial charge on any atom is 0.0618 e. The summed E-state index contributed by atoms with van der Waals surface area (Å²) in [5.41, 5.74) is 6.72. The van der Waals surface area contributed by atoms with E-state index in [0.717, 1.165) is 12.0 Å². The molecule has 0 fully saturated rings. The van der Waals surface area contributed by atoms with Gasteiger partial charge in [0.25, 0.3) is 0 Å². The van der Waals surface area contributed by atoms with Gasteiger partial charge < -0.3 is 5.11 Å². The van der Waals surface area contributed by atoms with Gasteiger partial charge in [-0.1, -0.05) is 38.1 Å². The molecule has 1 nitrogen and oxygen atoms in total. The summed E-state index contributed by atoms with van der Waals surface area (Å²) in [7, 11) is 0. The summed E-state index contributed by atoms with van der Waals surface area (Å²) in [4.78, 5) is 0. The van der Waals surface area contributed by atoms with Crippen molar-refractivity contribution in [3.8, 4) is 0 Å². The van der Waals surface area contributed by atoms with Gasteiger partial charge in [0, 0.05) is 0 Å². The summed E-state index contributed by atoms with van der Waals surface area (Å²) in [6, 6.07) is 6.67. The zero-order chi connectivity index (χ0) is 13.3. The van der Waals surface area contributed by atoms with Crippen molar-refractivity contribution < 1.29 is 5.11 Å². The monoisotopic (exact) mass is 242 g/mol. The summed E-state index contributed by atoms with van der Waals surface area (Å²) in [6.45, 7) is 8.92. The lowest BCUT2D eigenvalue weighted by molar-refractivity contribution is 0.343. The van der Waals surface area contributed by atoms with Crippen LogP contribution in [-0.2, 0) is 5.41 Å². The highest BCUT2D eigenvalue weighted by atomic mass is 16.2. The normalized spacial score (nSPS) is 18.3. The number of allylic oxidation sites excluding steroid dienone is 3. The molecule has 0 bridgehead atoms. The minimum absolute atomic E-state index is 0.100. The first-order valence-corrected chi connectivity index (χ1v) is 6.55. The van der Waals surface area contributed by atoms with Gasteiger partial charge in [-0.05, 0) is 59.6 Å². The Kier molecular flexibility index (Phi) is 3.45. The molecule has 0 radical (unpaired) electrons. The predicted octanol–water partition coefficient (Wildman–Crippen LogP) is 4.17. The Morgan fingerprint density at radius 2 is 2.11 bits per heavy atom. The van der Waals surface area contributed by atoms with E-state index in [0.29, 0.717) is 0 Å². The van der Waals surface area contributed by atoms with Crippen LogP contribution in [-0.4, -0.2) is 11.7 Å². The quantitative estimate of drug-likeness (QED) is 0.825. The molecule has 1 aliphatic rings. The molecule has 0 spiro atoms. The van der Waals surface area contributed by atoms with Gasteiger partial charge in [-0.2, -0.15) is 0 Å². The molecule has 0 aromatic heterocycles. The third-order valence-corrected chi connectivity index (χ3v) is 3.94. The molecule has 0 saturated carbocycles. The molecule has 0 saturated heterocycles. The van der Waals surface area contributed by atoms with Crippen LogP contribution in [0.5, 0.6) is 0 Å². The van der Waals surface area contributed by atoms with Gasteiger partial charge in [0.05, 0.1) is 6.61 Å². The molecule has 0 unspecified atom stereocenters. The van der Waals surface area contributed by atoms with Crippen LogP contribution >= 0.6 is 0 Å². The SMILES string of the molecule is CC1=CCC(C)(C)c2ccc(/C(C)=C\CO)cc21. The van der Waals surface area contributed by atoms with Gasteiger partial charge in [-0.25, -0.2) is 0 Å². The van der Waals surface area contributed by atoms with E-state index in [1.165, 1.54) is 22.3 Å². The summed E-state index contributed by atoms with van der Waals surface area (Å²) in [5, 5.41) is 8.98.